The van der Waals surface area contributed by atoms with Crippen molar-refractivity contribution in [3.05, 3.63) is 12.2 Å². The summed E-state index contributed by atoms with van der Waals surface area (Å²) in [6.45, 7) is 9.47. The Labute approximate surface area is 68.6 Å². The molecule has 0 aliphatic heterocycles. The van der Waals surface area contributed by atoms with Crippen LogP contribution >= 0.6 is 0 Å². The number of hydrogen-bond donors (Lipinski definition) is 0. The van der Waals surface area contributed by atoms with E-state index in [1.54, 1.807) is 0 Å². The van der Waals surface area contributed by atoms with Gasteiger partial charge in [0.25, 0.3) is 0 Å². The van der Waals surface area contributed by atoms with Crippen molar-refractivity contribution in [1.82, 2.24) is 0 Å². The Hall–Kier alpha value is 0.174. The van der Waals surface area contributed by atoms with Gasteiger partial charge in [0.15, 0.2) is 0 Å². The van der Waals surface area contributed by atoms with E-state index >= 15 is 0 Å². The first kappa shape index (κ1) is 10.2. The van der Waals surface area contributed by atoms with Crippen molar-refractivity contribution >= 4 is 17.6 Å². The number of hydrogen-bond acceptors (Lipinski definition) is 0. The minimum absolute atomic E-state index is 0.791. The quantitative estimate of drug-likeness (QED) is 0.449. The van der Waals surface area contributed by atoms with Gasteiger partial charge in [-0.1, -0.05) is 38.3 Å². The summed E-state index contributed by atoms with van der Waals surface area (Å²) in [5.41, 5.74) is 0. The van der Waals surface area contributed by atoms with Crippen LogP contribution in [-0.2, 0) is 0 Å². The maximum absolute atomic E-state index is 2.41. The van der Waals surface area contributed by atoms with Gasteiger partial charge in [0.05, 0.1) is 0 Å². The fourth-order valence-electron chi connectivity index (χ4n) is 0.638. The Morgan fingerprint density at radius 1 is 1.20 bits per heavy atom. The highest BCUT2D eigenvalue weighted by atomic mass is 28.3. The molecule has 0 saturated carbocycles. The minimum atomic E-state index is -0.791. The van der Waals surface area contributed by atoms with Crippen LogP contribution < -0.4 is 0 Å². The highest BCUT2D eigenvalue weighted by molar-refractivity contribution is 6.76. The van der Waals surface area contributed by atoms with Crippen molar-refractivity contribution in [3.63, 3.8) is 0 Å². The van der Waals surface area contributed by atoms with Crippen LogP contribution in [0.5, 0.6) is 0 Å². The molecule has 0 fully saturated rings. The predicted molar refractivity (Wildman–Crippen MR) is 53.7 cm³/mol. The second-order valence-corrected chi connectivity index (χ2v) is 10.4. The van der Waals surface area contributed by atoms with Crippen LogP contribution in [0.3, 0.4) is 0 Å². The molecule has 0 heterocycles. The van der Waals surface area contributed by atoms with E-state index in [1.807, 2.05) is 0 Å². The van der Waals surface area contributed by atoms with Gasteiger partial charge in [-0.25, -0.2) is 0 Å². The molecule has 0 aliphatic rings. The Kier molecular flexibility index (Phi) is 4.99. The number of rotatable bonds is 4. The Morgan fingerprint density at radius 2 is 1.80 bits per heavy atom. The van der Waals surface area contributed by atoms with E-state index in [4.69, 9.17) is 0 Å². The Morgan fingerprint density at radius 3 is 2.20 bits per heavy atom. The first-order chi connectivity index (χ1) is 4.56. The Balaban J connectivity index is 3.34. The van der Waals surface area contributed by atoms with Crippen LogP contribution in [0.1, 0.15) is 0 Å². The molecule has 0 aliphatic carbocycles. The van der Waals surface area contributed by atoms with Crippen molar-refractivity contribution in [1.29, 1.82) is 0 Å². The maximum atomic E-state index is 2.41. The zero-order chi connectivity index (χ0) is 8.04. The summed E-state index contributed by atoms with van der Waals surface area (Å²) in [7, 11) is 0.289. The van der Waals surface area contributed by atoms with E-state index < -0.39 is 8.07 Å². The average molecular weight is 170 g/mol. The molecule has 2 radical (unpaired) electrons. The molecule has 0 rings (SSSR count). The molecule has 0 amide bonds. The molecule has 0 atom stereocenters. The predicted octanol–water partition coefficient (Wildman–Crippen LogP) is 3.05. The van der Waals surface area contributed by atoms with Gasteiger partial charge >= 0.3 is 0 Å². The molecule has 2 heteroatoms. The molecule has 0 aromatic rings. The van der Waals surface area contributed by atoms with E-state index in [-0.39, 0.29) is 0 Å². The normalized spacial score (nSPS) is 12.8. The lowest BCUT2D eigenvalue weighted by Gasteiger charge is -2.11. The standard InChI is InChI=1S/C8H18Si2/c1-9-7-5-6-8-10(2,3)4/h5-6H,7-8H2,1-4H3/b6-5-. The van der Waals surface area contributed by atoms with E-state index in [1.165, 1.54) is 12.1 Å². The van der Waals surface area contributed by atoms with Crippen molar-refractivity contribution in [2.24, 2.45) is 0 Å². The van der Waals surface area contributed by atoms with Gasteiger partial charge in [-0.15, -0.1) is 0 Å². The summed E-state index contributed by atoms with van der Waals surface area (Å²) in [5, 5.41) is 0. The van der Waals surface area contributed by atoms with Crippen LogP contribution in [-0.4, -0.2) is 17.6 Å². The van der Waals surface area contributed by atoms with Crippen LogP contribution in [0.2, 0.25) is 38.3 Å². The highest BCUT2D eigenvalue weighted by Crippen LogP contribution is 2.08. The van der Waals surface area contributed by atoms with Gasteiger partial charge < -0.3 is 0 Å². The molecule has 0 aromatic carbocycles. The van der Waals surface area contributed by atoms with Gasteiger partial charge in [-0.05, 0) is 12.1 Å². The molecule has 0 N–H and O–H groups in total. The van der Waals surface area contributed by atoms with Crippen molar-refractivity contribution < 1.29 is 0 Å². The molecule has 0 unspecified atom stereocenters. The van der Waals surface area contributed by atoms with E-state index in [2.05, 4.69) is 38.3 Å². The van der Waals surface area contributed by atoms with Gasteiger partial charge in [0.1, 0.15) is 0 Å². The van der Waals surface area contributed by atoms with Crippen LogP contribution in [0.4, 0.5) is 0 Å². The van der Waals surface area contributed by atoms with Gasteiger partial charge in [0.2, 0.25) is 0 Å². The monoisotopic (exact) mass is 170 g/mol. The molecule has 0 spiro atoms. The number of allylic oxidation sites excluding steroid dienone is 2. The molecule has 58 valence electrons. The van der Waals surface area contributed by atoms with Gasteiger partial charge in [-0.3, -0.25) is 0 Å². The lowest BCUT2D eigenvalue weighted by Crippen LogP contribution is -2.17. The SMILES string of the molecule is C[Si]C/C=C\C[Si](C)(C)C. The molecule has 0 nitrogen and oxygen atoms in total. The lowest BCUT2D eigenvalue weighted by molar-refractivity contribution is 1.48. The third-order valence-corrected chi connectivity index (χ3v) is 3.32. The van der Waals surface area contributed by atoms with E-state index in [0.29, 0.717) is 0 Å². The third-order valence-electron chi connectivity index (χ3n) is 1.22. The van der Waals surface area contributed by atoms with Crippen LogP contribution in [0.25, 0.3) is 0 Å². The average Bonchev–Trinajstić information content (AvgIpc) is 1.78. The maximum Gasteiger partial charge on any atom is 0.0480 e. The van der Waals surface area contributed by atoms with Crippen molar-refractivity contribution in [2.45, 2.75) is 38.3 Å². The summed E-state index contributed by atoms with van der Waals surface area (Å²) in [6, 6.07) is 2.63. The van der Waals surface area contributed by atoms with Gasteiger partial charge in [-0.2, -0.15) is 0 Å². The Bertz CT molecular complexity index is 100. The van der Waals surface area contributed by atoms with Gasteiger partial charge in [0, 0.05) is 17.6 Å². The summed E-state index contributed by atoms with van der Waals surface area (Å²) in [5.74, 6) is 0. The zero-order valence-electron chi connectivity index (χ0n) is 7.57. The van der Waals surface area contributed by atoms with Crippen LogP contribution in [0, 0.1) is 0 Å². The first-order valence-electron chi connectivity index (χ1n) is 3.86. The first-order valence-corrected chi connectivity index (χ1v) is 9.27. The van der Waals surface area contributed by atoms with Crippen molar-refractivity contribution in [2.75, 3.05) is 0 Å². The molecule has 10 heavy (non-hydrogen) atoms. The minimum Gasteiger partial charge on any atom is -0.0919 e. The largest absolute Gasteiger partial charge is 0.0919 e. The smallest absolute Gasteiger partial charge is 0.0480 e. The zero-order valence-corrected chi connectivity index (χ0v) is 9.57. The summed E-state index contributed by atoms with van der Waals surface area (Å²) < 4.78 is 0. The second-order valence-electron chi connectivity index (χ2n) is 3.79. The van der Waals surface area contributed by atoms with Crippen LogP contribution in [0.15, 0.2) is 12.2 Å². The summed E-state index contributed by atoms with van der Waals surface area (Å²) in [6.07, 6.45) is 4.69. The molecule has 0 saturated heterocycles. The van der Waals surface area contributed by atoms with E-state index in [0.717, 1.165) is 9.52 Å². The fourth-order valence-corrected chi connectivity index (χ4v) is 1.91. The van der Waals surface area contributed by atoms with Crippen molar-refractivity contribution in [3.8, 4) is 0 Å². The molecule has 0 bridgehead atoms. The molecular weight excluding hydrogens is 152 g/mol. The fraction of sp³-hybridized carbons (Fsp3) is 0.750. The highest BCUT2D eigenvalue weighted by Gasteiger charge is 2.08. The topological polar surface area (TPSA) is 0 Å². The molecular formula is C8H18Si2. The van der Waals surface area contributed by atoms with E-state index in [9.17, 15) is 0 Å². The second kappa shape index (κ2) is 4.91. The summed E-state index contributed by atoms with van der Waals surface area (Å²) in [4.78, 5) is 0. The summed E-state index contributed by atoms with van der Waals surface area (Å²) >= 11 is 0. The molecule has 0 aromatic heterocycles. The third kappa shape index (κ3) is 8.17. The lowest BCUT2D eigenvalue weighted by atomic mass is 10.6.